The molecule has 2 aromatic rings. The third kappa shape index (κ3) is 3.24. The number of nitrogens with one attached hydrogen (secondary N) is 1. The summed E-state index contributed by atoms with van der Waals surface area (Å²) in [5.41, 5.74) is 3.59. The SMILES string of the molecule is Cc1ccc(N2C(=O)C[C@@H]([NH+]3CCN(c4ccccc4O)CC3)C2=O)c(C)c1. The molecule has 2 aliphatic heterocycles. The highest BCUT2D eigenvalue weighted by atomic mass is 16.3. The Morgan fingerprint density at radius 1 is 1.00 bits per heavy atom. The fraction of sp³-hybridized carbons (Fsp3) is 0.364. The standard InChI is InChI=1S/C22H25N3O3/c1-15-7-8-17(16(2)13-15)25-21(27)14-19(22(25)28)24-11-9-23(10-12-24)18-5-3-4-6-20(18)26/h3-8,13,19,26H,9-12,14H2,1-2H3/p+1/t19-/m1/s1. The molecule has 6 nitrogen and oxygen atoms in total. The molecule has 0 saturated carbocycles. The number of carbonyl (C=O) groups is 2. The summed E-state index contributed by atoms with van der Waals surface area (Å²) >= 11 is 0. The third-order valence-corrected chi connectivity index (χ3v) is 5.86. The zero-order chi connectivity index (χ0) is 19.8. The van der Waals surface area contributed by atoms with Crippen molar-refractivity contribution in [1.29, 1.82) is 0 Å². The lowest BCUT2D eigenvalue weighted by Gasteiger charge is -2.35. The number of carbonyl (C=O) groups excluding carboxylic acids is 2. The lowest BCUT2D eigenvalue weighted by molar-refractivity contribution is -0.915. The number of nitrogens with zero attached hydrogens (tertiary/aromatic N) is 2. The van der Waals surface area contributed by atoms with Crippen molar-refractivity contribution in [2.45, 2.75) is 26.3 Å². The zero-order valence-electron chi connectivity index (χ0n) is 16.3. The largest absolute Gasteiger partial charge is 0.506 e. The number of hydrogen-bond acceptors (Lipinski definition) is 4. The van der Waals surface area contributed by atoms with Gasteiger partial charge < -0.3 is 14.9 Å². The predicted octanol–water partition coefficient (Wildman–Crippen LogP) is 1.05. The molecule has 4 rings (SSSR count). The monoisotopic (exact) mass is 380 g/mol. The number of rotatable bonds is 3. The molecule has 146 valence electrons. The first-order valence-electron chi connectivity index (χ1n) is 9.77. The Balaban J connectivity index is 1.47. The van der Waals surface area contributed by atoms with Crippen LogP contribution in [0.15, 0.2) is 42.5 Å². The first-order valence-corrected chi connectivity index (χ1v) is 9.77. The van der Waals surface area contributed by atoms with Gasteiger partial charge in [0.15, 0.2) is 6.04 Å². The Hall–Kier alpha value is -2.86. The summed E-state index contributed by atoms with van der Waals surface area (Å²) in [4.78, 5) is 30.4. The van der Waals surface area contributed by atoms with Crippen LogP contribution in [0.2, 0.25) is 0 Å². The number of phenols is 1. The molecule has 28 heavy (non-hydrogen) atoms. The number of aryl methyl sites for hydroxylation is 2. The van der Waals surface area contributed by atoms with E-state index in [1.165, 1.54) is 4.90 Å². The number of hydrogen-bond donors (Lipinski definition) is 2. The number of anilines is 2. The molecule has 1 atom stereocenters. The summed E-state index contributed by atoms with van der Waals surface area (Å²) in [7, 11) is 0. The van der Waals surface area contributed by atoms with E-state index in [9.17, 15) is 14.7 Å². The van der Waals surface area contributed by atoms with Gasteiger partial charge in [-0.2, -0.15) is 0 Å². The highest BCUT2D eigenvalue weighted by Crippen LogP contribution is 2.28. The fourth-order valence-electron chi connectivity index (χ4n) is 4.38. The number of quaternary nitrogens is 1. The Kier molecular flexibility index (Phi) is 4.81. The molecule has 0 aromatic heterocycles. The van der Waals surface area contributed by atoms with E-state index in [2.05, 4.69) is 4.90 Å². The summed E-state index contributed by atoms with van der Waals surface area (Å²) in [6.07, 6.45) is 0.262. The number of aromatic hydroxyl groups is 1. The van der Waals surface area contributed by atoms with Crippen LogP contribution in [0.25, 0.3) is 0 Å². The molecular weight excluding hydrogens is 354 g/mol. The molecule has 2 aromatic carbocycles. The summed E-state index contributed by atoms with van der Waals surface area (Å²) in [6.45, 7) is 6.95. The number of para-hydroxylation sites is 2. The van der Waals surface area contributed by atoms with Crippen LogP contribution in [0.1, 0.15) is 17.5 Å². The average molecular weight is 380 g/mol. The van der Waals surface area contributed by atoms with Crippen molar-refractivity contribution < 1.29 is 19.6 Å². The Morgan fingerprint density at radius 3 is 2.39 bits per heavy atom. The second kappa shape index (κ2) is 7.28. The van der Waals surface area contributed by atoms with Crippen LogP contribution in [0.4, 0.5) is 11.4 Å². The fourth-order valence-corrected chi connectivity index (χ4v) is 4.38. The van der Waals surface area contributed by atoms with Gasteiger partial charge in [-0.1, -0.05) is 29.8 Å². The van der Waals surface area contributed by atoms with Crippen LogP contribution in [-0.4, -0.2) is 49.1 Å². The molecule has 0 bridgehead atoms. The Bertz CT molecular complexity index is 919. The molecule has 0 radical (unpaired) electrons. The molecular formula is C22H26N3O3+. The van der Waals surface area contributed by atoms with E-state index in [0.29, 0.717) is 5.69 Å². The number of phenolic OH excluding ortho intramolecular Hbond substituents is 1. The maximum absolute atomic E-state index is 13.1. The van der Waals surface area contributed by atoms with Gasteiger partial charge in [-0.3, -0.25) is 9.59 Å². The Morgan fingerprint density at radius 2 is 1.71 bits per heavy atom. The second-order valence-electron chi connectivity index (χ2n) is 7.75. The maximum atomic E-state index is 13.1. The van der Waals surface area contributed by atoms with E-state index in [1.54, 1.807) is 6.07 Å². The van der Waals surface area contributed by atoms with E-state index in [4.69, 9.17) is 0 Å². The van der Waals surface area contributed by atoms with Gasteiger partial charge in [-0.05, 0) is 37.6 Å². The van der Waals surface area contributed by atoms with Crippen LogP contribution in [0.5, 0.6) is 5.75 Å². The minimum absolute atomic E-state index is 0.0945. The average Bonchev–Trinajstić information content (AvgIpc) is 2.97. The zero-order valence-corrected chi connectivity index (χ0v) is 16.3. The number of benzene rings is 2. The molecule has 2 heterocycles. The quantitative estimate of drug-likeness (QED) is 0.782. The molecule has 2 amide bonds. The summed E-state index contributed by atoms with van der Waals surface area (Å²) in [5, 5.41) is 10.1. The maximum Gasteiger partial charge on any atom is 0.292 e. The van der Waals surface area contributed by atoms with Crippen molar-refractivity contribution in [2.75, 3.05) is 36.0 Å². The van der Waals surface area contributed by atoms with Crippen LogP contribution in [0.3, 0.4) is 0 Å². The van der Waals surface area contributed by atoms with Crippen molar-refractivity contribution in [2.24, 2.45) is 0 Å². The van der Waals surface area contributed by atoms with Gasteiger partial charge in [0, 0.05) is 0 Å². The summed E-state index contributed by atoms with van der Waals surface area (Å²) in [5.74, 6) is 0.0691. The van der Waals surface area contributed by atoms with Crippen LogP contribution in [-0.2, 0) is 9.59 Å². The highest BCUT2D eigenvalue weighted by Gasteiger charge is 2.46. The van der Waals surface area contributed by atoms with Gasteiger partial charge in [0.2, 0.25) is 5.91 Å². The van der Waals surface area contributed by atoms with Crippen molar-refractivity contribution >= 4 is 23.2 Å². The van der Waals surface area contributed by atoms with Crippen LogP contribution in [0, 0.1) is 13.8 Å². The molecule has 0 spiro atoms. The van der Waals surface area contributed by atoms with Gasteiger partial charge in [0.25, 0.3) is 5.91 Å². The number of piperazine rings is 1. The lowest BCUT2D eigenvalue weighted by Crippen LogP contribution is -3.19. The van der Waals surface area contributed by atoms with Gasteiger partial charge in [0.1, 0.15) is 5.75 Å². The molecule has 0 aliphatic carbocycles. The number of amides is 2. The first-order chi connectivity index (χ1) is 13.5. The van der Waals surface area contributed by atoms with Crippen LogP contribution < -0.4 is 14.7 Å². The molecule has 2 N–H and O–H groups in total. The molecule has 0 unspecified atom stereocenters. The van der Waals surface area contributed by atoms with E-state index in [0.717, 1.165) is 47.9 Å². The van der Waals surface area contributed by atoms with E-state index >= 15 is 0 Å². The van der Waals surface area contributed by atoms with Gasteiger partial charge in [-0.15, -0.1) is 0 Å². The first kappa shape index (κ1) is 18.5. The van der Waals surface area contributed by atoms with Gasteiger partial charge >= 0.3 is 0 Å². The van der Waals surface area contributed by atoms with Crippen molar-refractivity contribution in [1.82, 2.24) is 0 Å². The van der Waals surface area contributed by atoms with Gasteiger partial charge in [0.05, 0.1) is 44.0 Å². The Labute approximate surface area is 165 Å². The summed E-state index contributed by atoms with van der Waals surface area (Å²) < 4.78 is 0. The predicted molar refractivity (Wildman–Crippen MR) is 108 cm³/mol. The second-order valence-corrected chi connectivity index (χ2v) is 7.75. The van der Waals surface area contributed by atoms with Crippen molar-refractivity contribution in [3.8, 4) is 5.75 Å². The van der Waals surface area contributed by atoms with E-state index in [1.807, 2.05) is 50.2 Å². The lowest BCUT2D eigenvalue weighted by atomic mass is 10.1. The molecule has 6 heteroatoms. The van der Waals surface area contributed by atoms with E-state index in [-0.39, 0.29) is 30.0 Å². The molecule has 2 aliphatic rings. The van der Waals surface area contributed by atoms with Gasteiger partial charge in [-0.25, -0.2) is 4.90 Å². The normalized spacial score (nSPS) is 20.9. The topological polar surface area (TPSA) is 65.3 Å². The molecule has 2 saturated heterocycles. The van der Waals surface area contributed by atoms with Crippen LogP contribution >= 0.6 is 0 Å². The smallest absolute Gasteiger partial charge is 0.292 e. The minimum Gasteiger partial charge on any atom is -0.506 e. The molecule has 2 fully saturated rings. The van der Waals surface area contributed by atoms with Crippen molar-refractivity contribution in [3.63, 3.8) is 0 Å². The highest BCUT2D eigenvalue weighted by molar-refractivity contribution is 6.22. The third-order valence-electron chi connectivity index (χ3n) is 5.86. The number of imide groups is 1. The summed E-state index contributed by atoms with van der Waals surface area (Å²) in [6, 6.07) is 12.8. The van der Waals surface area contributed by atoms with E-state index < -0.39 is 0 Å². The minimum atomic E-state index is -0.320. The van der Waals surface area contributed by atoms with Crippen molar-refractivity contribution in [3.05, 3.63) is 53.6 Å².